The number of hydrogen-bond donors (Lipinski definition) is 0. The minimum absolute atomic E-state index is 0. The molecule has 0 N–H and O–H groups in total. The van der Waals surface area contributed by atoms with Crippen LogP contribution in [0.2, 0.25) is 0 Å². The van der Waals surface area contributed by atoms with Gasteiger partial charge in [0.2, 0.25) is 0 Å². The van der Waals surface area contributed by atoms with Gasteiger partial charge in [-0.15, -0.1) is 24.0 Å². The van der Waals surface area contributed by atoms with E-state index in [0.717, 1.165) is 0 Å². The molecule has 0 unspecified atom stereocenters. The molecule has 0 amide bonds. The number of nitrogens with zero attached hydrogens (tertiary/aromatic N) is 1. The summed E-state index contributed by atoms with van der Waals surface area (Å²) in [5, 5.41) is 21.9. The molecule has 0 saturated heterocycles. The normalized spacial score (nSPS) is 12.9. The average Bonchev–Trinajstić information content (AvgIpc) is 1.99. The van der Waals surface area contributed by atoms with Gasteiger partial charge in [-0.3, -0.25) is 0 Å². The van der Waals surface area contributed by atoms with Gasteiger partial charge in [0.1, 0.15) is 5.70 Å². The molecule has 0 aromatic rings. The van der Waals surface area contributed by atoms with Crippen LogP contribution in [0.1, 0.15) is 27.7 Å². The van der Waals surface area contributed by atoms with Crippen molar-refractivity contribution in [1.82, 2.24) is 0 Å². The molecule has 1 radical (unpaired) electrons. The Bertz CT molecular complexity index is 261. The van der Waals surface area contributed by atoms with Crippen LogP contribution in [0.4, 0.5) is 0 Å². The van der Waals surface area contributed by atoms with Gasteiger partial charge in [0.15, 0.2) is 6.08 Å². The van der Waals surface area contributed by atoms with E-state index < -0.39 is 17.6 Å². The Morgan fingerprint density at radius 2 is 1.75 bits per heavy atom. The Kier molecular flexibility index (Phi) is 12.0. The SMILES string of the molecule is COC([O])=C(C)N=C([O-])OC(C)(C)C.I.[Zn]. The van der Waals surface area contributed by atoms with Crippen LogP contribution in [-0.4, -0.2) is 18.8 Å². The van der Waals surface area contributed by atoms with Crippen molar-refractivity contribution in [2.24, 2.45) is 4.99 Å². The first kappa shape index (κ1) is 21.3. The second kappa shape index (κ2) is 9.04. The van der Waals surface area contributed by atoms with Crippen molar-refractivity contribution >= 4 is 30.1 Å². The standard InChI is InChI=1S/C9H16NO4.HI.Zn/c1-6(7(11)13-5)10-8(12)14-9(2,3)4;;/h1-5H3,(H,10,12);1H;/p-1. The Hall–Kier alpha value is -0.0366. The first-order valence-corrected chi connectivity index (χ1v) is 4.13. The molecule has 0 aliphatic rings. The van der Waals surface area contributed by atoms with Crippen LogP contribution in [0, 0.1) is 0 Å². The Morgan fingerprint density at radius 1 is 1.31 bits per heavy atom. The van der Waals surface area contributed by atoms with Crippen molar-refractivity contribution in [3.8, 4) is 0 Å². The van der Waals surface area contributed by atoms with E-state index in [-0.39, 0.29) is 49.2 Å². The van der Waals surface area contributed by atoms with E-state index in [4.69, 9.17) is 4.74 Å². The monoisotopic (exact) mass is 393 g/mol. The zero-order chi connectivity index (χ0) is 11.4. The maximum Gasteiger partial charge on any atom is 0.352 e. The minimum Gasteiger partial charge on any atom is -0.594 e. The van der Waals surface area contributed by atoms with Gasteiger partial charge in [0.25, 0.3) is 0 Å². The topological polar surface area (TPSA) is 73.8 Å². The third kappa shape index (κ3) is 10.5. The summed E-state index contributed by atoms with van der Waals surface area (Å²) in [6.45, 7) is 6.53. The first-order chi connectivity index (χ1) is 6.26. The van der Waals surface area contributed by atoms with Gasteiger partial charge in [-0.25, -0.2) is 10.1 Å². The van der Waals surface area contributed by atoms with E-state index in [9.17, 15) is 10.2 Å². The summed E-state index contributed by atoms with van der Waals surface area (Å²) >= 11 is 0. The largest absolute Gasteiger partial charge is 0.594 e. The van der Waals surface area contributed by atoms with Crippen LogP contribution < -0.4 is 5.11 Å². The summed E-state index contributed by atoms with van der Waals surface area (Å²) < 4.78 is 9.23. The summed E-state index contributed by atoms with van der Waals surface area (Å²) in [5.74, 6) is -0.643. The van der Waals surface area contributed by atoms with Gasteiger partial charge >= 0.3 is 5.95 Å². The van der Waals surface area contributed by atoms with Crippen molar-refractivity contribution in [1.29, 1.82) is 0 Å². The van der Waals surface area contributed by atoms with E-state index in [1.165, 1.54) is 14.0 Å². The Morgan fingerprint density at radius 3 is 2.06 bits per heavy atom. The van der Waals surface area contributed by atoms with Crippen molar-refractivity contribution in [2.45, 2.75) is 33.3 Å². The molecule has 0 rings (SSSR count). The predicted molar refractivity (Wildman–Crippen MR) is 64.1 cm³/mol. The molecule has 16 heavy (non-hydrogen) atoms. The molecule has 91 valence electrons. The van der Waals surface area contributed by atoms with E-state index in [1.54, 1.807) is 20.8 Å². The number of allylic oxidation sites excluding steroid dienone is 1. The molecule has 0 aliphatic carbocycles. The van der Waals surface area contributed by atoms with E-state index in [2.05, 4.69) is 9.73 Å². The molecular formula is C9H16INO4Zn-. The van der Waals surface area contributed by atoms with Crippen LogP contribution in [-0.2, 0) is 34.1 Å². The van der Waals surface area contributed by atoms with Crippen molar-refractivity contribution in [2.75, 3.05) is 7.11 Å². The molecule has 0 atom stereocenters. The van der Waals surface area contributed by atoms with Crippen molar-refractivity contribution < 1.29 is 39.2 Å². The summed E-state index contributed by atoms with van der Waals surface area (Å²) in [7, 11) is 1.22. The van der Waals surface area contributed by atoms with Gasteiger partial charge in [0.05, 0.1) is 7.11 Å². The second-order valence-corrected chi connectivity index (χ2v) is 3.67. The molecule has 5 nitrogen and oxygen atoms in total. The van der Waals surface area contributed by atoms with E-state index >= 15 is 0 Å². The third-order valence-corrected chi connectivity index (χ3v) is 1.13. The molecule has 0 aromatic heterocycles. The van der Waals surface area contributed by atoms with E-state index in [1.807, 2.05) is 0 Å². The van der Waals surface area contributed by atoms with Crippen LogP contribution in [0.3, 0.4) is 0 Å². The first-order valence-electron chi connectivity index (χ1n) is 4.13. The maximum atomic E-state index is 11.1. The van der Waals surface area contributed by atoms with Crippen molar-refractivity contribution in [3.05, 3.63) is 11.6 Å². The second-order valence-electron chi connectivity index (χ2n) is 3.67. The molecule has 0 fully saturated rings. The molecular weight excluding hydrogens is 378 g/mol. The minimum atomic E-state index is -0.791. The van der Waals surface area contributed by atoms with Gasteiger partial charge in [-0.2, -0.15) is 0 Å². The van der Waals surface area contributed by atoms with Crippen LogP contribution >= 0.6 is 24.0 Å². The molecule has 0 bridgehead atoms. The average molecular weight is 395 g/mol. The summed E-state index contributed by atoms with van der Waals surface area (Å²) in [4.78, 5) is 3.41. The molecule has 0 heterocycles. The number of ether oxygens (including phenoxy) is 2. The zero-order valence-corrected chi connectivity index (χ0v) is 15.5. The quantitative estimate of drug-likeness (QED) is 0.234. The van der Waals surface area contributed by atoms with Crippen LogP contribution in [0.25, 0.3) is 0 Å². The zero-order valence-electron chi connectivity index (χ0n) is 10.2. The van der Waals surface area contributed by atoms with E-state index in [0.29, 0.717) is 0 Å². The van der Waals surface area contributed by atoms with Crippen molar-refractivity contribution in [3.63, 3.8) is 0 Å². The summed E-state index contributed by atoms with van der Waals surface area (Å²) in [6.07, 6.45) is -0.791. The smallest absolute Gasteiger partial charge is 0.352 e. The molecule has 0 aromatic carbocycles. The number of rotatable bonds is 2. The van der Waals surface area contributed by atoms with Gasteiger partial charge in [0, 0.05) is 25.1 Å². The molecule has 0 aliphatic heterocycles. The van der Waals surface area contributed by atoms with Gasteiger partial charge < -0.3 is 14.6 Å². The summed E-state index contributed by atoms with van der Waals surface area (Å²) in [6, 6.07) is 0. The number of hydrogen-bond acceptors (Lipinski definition) is 4. The third-order valence-electron chi connectivity index (χ3n) is 1.13. The number of methoxy groups -OCH3 is 1. The molecule has 0 saturated carbocycles. The number of halogens is 1. The Balaban J connectivity index is -0.000000845. The van der Waals surface area contributed by atoms with Crippen LogP contribution in [0.5, 0.6) is 0 Å². The molecule has 7 heteroatoms. The predicted octanol–water partition coefficient (Wildman–Crippen LogP) is 1.40. The fourth-order valence-electron chi connectivity index (χ4n) is 0.615. The fraction of sp³-hybridized carbons (Fsp3) is 0.667. The Labute approximate surface area is 126 Å². The fourth-order valence-corrected chi connectivity index (χ4v) is 0.615. The van der Waals surface area contributed by atoms with Gasteiger partial charge in [-0.1, -0.05) is 20.8 Å². The van der Waals surface area contributed by atoms with Gasteiger partial charge in [-0.05, 0) is 6.92 Å². The number of aliphatic imine (C=N–C) groups is 1. The molecule has 0 spiro atoms. The maximum absolute atomic E-state index is 11.1. The van der Waals surface area contributed by atoms with Crippen LogP contribution in [0.15, 0.2) is 16.6 Å². The summed E-state index contributed by atoms with van der Waals surface area (Å²) in [5.41, 5.74) is -0.640.